The first-order valence-electron chi connectivity index (χ1n) is 5.80. The average Bonchev–Trinajstić information content (AvgIpc) is 2.89. The molecule has 7 heteroatoms. The lowest BCUT2D eigenvalue weighted by molar-refractivity contribution is 0.144. The van der Waals surface area contributed by atoms with Gasteiger partial charge in [0.05, 0.1) is 6.61 Å². The number of hydrogen-bond acceptors (Lipinski definition) is 7. The Morgan fingerprint density at radius 3 is 2.84 bits per heavy atom. The van der Waals surface area contributed by atoms with E-state index in [9.17, 15) is 0 Å². The van der Waals surface area contributed by atoms with E-state index in [-0.39, 0.29) is 0 Å². The van der Waals surface area contributed by atoms with Gasteiger partial charge in [0.1, 0.15) is 6.61 Å². The topological polar surface area (TPSA) is 73.5 Å². The second-order valence-corrected chi connectivity index (χ2v) is 4.02. The molecule has 0 atom stereocenters. The van der Waals surface area contributed by atoms with Crippen LogP contribution in [0.15, 0.2) is 22.9 Å². The maximum absolute atomic E-state index is 5.43. The molecule has 2 aromatic heterocycles. The molecule has 0 fully saturated rings. The van der Waals surface area contributed by atoms with Crippen molar-refractivity contribution in [2.24, 2.45) is 0 Å². The number of methoxy groups -OCH3 is 1. The summed E-state index contributed by atoms with van der Waals surface area (Å²) in [5.41, 5.74) is 0.767. The van der Waals surface area contributed by atoms with Crippen molar-refractivity contribution in [2.45, 2.75) is 0 Å². The van der Waals surface area contributed by atoms with Crippen molar-refractivity contribution in [1.82, 2.24) is 15.1 Å². The predicted octanol–water partition coefficient (Wildman–Crippen LogP) is 1.22. The lowest BCUT2D eigenvalue weighted by Gasteiger charge is -2.04. The molecule has 0 amide bonds. The summed E-state index contributed by atoms with van der Waals surface area (Å²) in [5, 5.41) is 3.86. The van der Waals surface area contributed by atoms with E-state index in [1.54, 1.807) is 30.3 Å². The Balaban J connectivity index is 2.12. The van der Waals surface area contributed by atoms with E-state index >= 15 is 0 Å². The summed E-state index contributed by atoms with van der Waals surface area (Å²) >= 11 is 0. The van der Waals surface area contributed by atoms with Crippen molar-refractivity contribution in [3.05, 3.63) is 18.3 Å². The molecule has 0 radical (unpaired) electrons. The highest BCUT2D eigenvalue weighted by Gasteiger charge is 2.11. The molecular weight excluding hydrogens is 248 g/mol. The fourth-order valence-corrected chi connectivity index (χ4v) is 1.37. The minimum Gasteiger partial charge on any atom is -0.475 e. The number of hydrogen-bond donors (Lipinski definition) is 0. The smallest absolute Gasteiger partial charge is 0.265 e. The molecule has 0 unspecified atom stereocenters. The van der Waals surface area contributed by atoms with Gasteiger partial charge in [-0.1, -0.05) is 0 Å². The minimum atomic E-state index is 0.433. The molecule has 0 bridgehead atoms. The Morgan fingerprint density at radius 1 is 1.32 bits per heavy atom. The molecule has 0 saturated heterocycles. The molecule has 2 rings (SSSR count). The van der Waals surface area contributed by atoms with Gasteiger partial charge in [0.2, 0.25) is 5.88 Å². The molecule has 7 nitrogen and oxygen atoms in total. The Bertz CT molecular complexity index is 527. The van der Waals surface area contributed by atoms with Crippen molar-refractivity contribution in [2.75, 3.05) is 39.3 Å². The highest BCUT2D eigenvalue weighted by molar-refractivity contribution is 5.55. The van der Waals surface area contributed by atoms with Gasteiger partial charge in [0.15, 0.2) is 0 Å². The van der Waals surface area contributed by atoms with Crippen molar-refractivity contribution >= 4 is 5.95 Å². The molecule has 0 N–H and O–H groups in total. The molecule has 0 aliphatic carbocycles. The normalized spacial score (nSPS) is 10.5. The zero-order valence-electron chi connectivity index (χ0n) is 11.2. The molecule has 0 saturated carbocycles. The van der Waals surface area contributed by atoms with Crippen LogP contribution in [0, 0.1) is 0 Å². The summed E-state index contributed by atoms with van der Waals surface area (Å²) in [4.78, 5) is 10.1. The van der Waals surface area contributed by atoms with Crippen molar-refractivity contribution in [3.8, 4) is 17.3 Å². The van der Waals surface area contributed by atoms with Crippen molar-refractivity contribution < 1.29 is 14.0 Å². The molecule has 0 aromatic carbocycles. The Hall–Kier alpha value is -2.15. The van der Waals surface area contributed by atoms with E-state index in [4.69, 9.17) is 14.0 Å². The lowest BCUT2D eigenvalue weighted by atomic mass is 10.3. The quantitative estimate of drug-likeness (QED) is 0.726. The first-order chi connectivity index (χ1) is 9.20. The number of ether oxygens (including phenoxy) is 2. The third-order valence-corrected chi connectivity index (χ3v) is 2.33. The largest absolute Gasteiger partial charge is 0.475 e. The fourth-order valence-electron chi connectivity index (χ4n) is 1.37. The van der Waals surface area contributed by atoms with Gasteiger partial charge >= 0.3 is 0 Å². The van der Waals surface area contributed by atoms with Gasteiger partial charge in [-0.05, 0) is 11.2 Å². The summed E-state index contributed by atoms with van der Waals surface area (Å²) in [6.07, 6.45) is 1.64. The third kappa shape index (κ3) is 3.41. The monoisotopic (exact) mass is 264 g/mol. The van der Waals surface area contributed by atoms with Crippen LogP contribution in [-0.2, 0) is 4.74 Å². The minimum absolute atomic E-state index is 0.433. The summed E-state index contributed by atoms with van der Waals surface area (Å²) in [7, 11) is 5.31. The van der Waals surface area contributed by atoms with Gasteiger partial charge in [-0.25, -0.2) is 4.98 Å². The molecule has 0 aliphatic rings. The van der Waals surface area contributed by atoms with Gasteiger partial charge in [-0.3, -0.25) is 0 Å². The van der Waals surface area contributed by atoms with Crippen LogP contribution in [0.3, 0.4) is 0 Å². The van der Waals surface area contributed by atoms with Gasteiger partial charge < -0.3 is 18.9 Å². The maximum atomic E-state index is 5.43. The van der Waals surface area contributed by atoms with Gasteiger partial charge in [-0.15, -0.1) is 0 Å². The van der Waals surface area contributed by atoms with Crippen LogP contribution in [-0.4, -0.2) is 49.5 Å². The first kappa shape index (κ1) is 13.3. The number of nitrogens with zero attached hydrogens (tertiary/aromatic N) is 4. The van der Waals surface area contributed by atoms with E-state index in [2.05, 4.69) is 15.1 Å². The first-order valence-corrected chi connectivity index (χ1v) is 5.80. The molecule has 19 heavy (non-hydrogen) atoms. The molecule has 2 aromatic rings. The highest BCUT2D eigenvalue weighted by atomic mass is 16.5. The molecule has 0 aliphatic heterocycles. The maximum Gasteiger partial charge on any atom is 0.265 e. The third-order valence-electron chi connectivity index (χ3n) is 2.33. The van der Waals surface area contributed by atoms with Crippen LogP contribution in [0.5, 0.6) is 5.88 Å². The Labute approximate surface area is 111 Å². The number of pyridine rings is 1. The van der Waals surface area contributed by atoms with Gasteiger partial charge in [0, 0.05) is 39.0 Å². The van der Waals surface area contributed by atoms with Crippen LogP contribution >= 0.6 is 0 Å². The zero-order chi connectivity index (χ0) is 13.7. The zero-order valence-corrected chi connectivity index (χ0v) is 11.2. The van der Waals surface area contributed by atoms with Gasteiger partial charge in [0.25, 0.3) is 11.8 Å². The summed E-state index contributed by atoms with van der Waals surface area (Å²) in [5.74, 6) is 1.45. The van der Waals surface area contributed by atoms with E-state index in [1.807, 2.05) is 14.1 Å². The van der Waals surface area contributed by atoms with Crippen LogP contribution < -0.4 is 9.64 Å². The van der Waals surface area contributed by atoms with Crippen LogP contribution in [0.4, 0.5) is 5.95 Å². The predicted molar refractivity (Wildman–Crippen MR) is 69.2 cm³/mol. The summed E-state index contributed by atoms with van der Waals surface area (Å²) in [6, 6.07) is 3.54. The van der Waals surface area contributed by atoms with Crippen LogP contribution in [0.2, 0.25) is 0 Å². The second-order valence-electron chi connectivity index (χ2n) is 4.02. The summed E-state index contributed by atoms with van der Waals surface area (Å²) < 4.78 is 15.5. The molecule has 102 valence electrons. The molecular formula is C12H16N4O3. The Morgan fingerprint density at radius 2 is 2.16 bits per heavy atom. The molecule has 0 spiro atoms. The number of rotatable bonds is 6. The molecule has 2 heterocycles. The SMILES string of the molecule is COCCOc1cc(-c2nc(N(C)C)no2)ccn1. The van der Waals surface area contributed by atoms with E-state index < -0.39 is 0 Å². The number of aromatic nitrogens is 3. The summed E-state index contributed by atoms with van der Waals surface area (Å²) in [6.45, 7) is 0.955. The van der Waals surface area contributed by atoms with Crippen LogP contribution in [0.1, 0.15) is 0 Å². The van der Waals surface area contributed by atoms with Gasteiger partial charge in [-0.2, -0.15) is 4.98 Å². The van der Waals surface area contributed by atoms with Crippen molar-refractivity contribution in [3.63, 3.8) is 0 Å². The fraction of sp³-hybridized carbons (Fsp3) is 0.417. The van der Waals surface area contributed by atoms with E-state index in [1.165, 1.54) is 0 Å². The highest BCUT2D eigenvalue weighted by Crippen LogP contribution is 2.22. The second kappa shape index (κ2) is 6.14. The van der Waals surface area contributed by atoms with E-state index in [0.717, 1.165) is 5.56 Å². The lowest BCUT2D eigenvalue weighted by Crippen LogP contribution is -2.10. The van der Waals surface area contributed by atoms with Crippen LogP contribution in [0.25, 0.3) is 11.5 Å². The Kier molecular flexibility index (Phi) is 4.30. The standard InChI is InChI=1S/C12H16N4O3/c1-16(2)12-14-11(19-15-12)9-4-5-13-10(8-9)18-7-6-17-3/h4-5,8H,6-7H2,1-3H3. The number of anilines is 1. The van der Waals surface area contributed by atoms with Crippen molar-refractivity contribution in [1.29, 1.82) is 0 Å². The van der Waals surface area contributed by atoms with E-state index in [0.29, 0.717) is 30.9 Å². The average molecular weight is 264 g/mol.